The Morgan fingerprint density at radius 2 is 1.80 bits per heavy atom. The third-order valence-electron chi connectivity index (χ3n) is 3.84. The van der Waals surface area contributed by atoms with Crippen LogP contribution in [0.25, 0.3) is 0 Å². The van der Waals surface area contributed by atoms with Crippen molar-refractivity contribution in [3.8, 4) is 5.75 Å². The first-order valence-corrected chi connectivity index (χ1v) is 9.53. The average molecular weight is 386 g/mol. The second-order valence-electron chi connectivity index (χ2n) is 5.51. The van der Waals surface area contributed by atoms with E-state index in [1.807, 2.05) is 0 Å². The Kier molecular flexibility index (Phi) is 5.58. The molecule has 0 aromatic heterocycles. The largest absolute Gasteiger partial charge is 0.489 e. The van der Waals surface area contributed by atoms with Crippen molar-refractivity contribution in [2.24, 2.45) is 0 Å². The normalized spacial score (nSPS) is 15.9. The molecule has 0 bridgehead atoms. The standard InChI is InChI=1S/C17H17ClFNO4S/c18-17-11-14(19)2-1-13(17)12-24-15-3-5-16(6-4-15)25(21,22)20-7-9-23-10-8-20/h1-6,11H,7-10,12H2. The summed E-state index contributed by atoms with van der Waals surface area (Å²) in [5.41, 5.74) is 0.646. The molecule has 0 amide bonds. The molecule has 2 aromatic rings. The highest BCUT2D eigenvalue weighted by Gasteiger charge is 2.26. The van der Waals surface area contributed by atoms with E-state index >= 15 is 0 Å². The van der Waals surface area contributed by atoms with E-state index in [4.69, 9.17) is 21.1 Å². The van der Waals surface area contributed by atoms with Crippen LogP contribution in [-0.4, -0.2) is 39.0 Å². The number of hydrogen-bond donors (Lipinski definition) is 0. The van der Waals surface area contributed by atoms with Gasteiger partial charge < -0.3 is 9.47 Å². The number of ether oxygens (including phenoxy) is 2. The van der Waals surface area contributed by atoms with Gasteiger partial charge in [0.1, 0.15) is 18.2 Å². The van der Waals surface area contributed by atoms with Crippen LogP contribution in [0.5, 0.6) is 5.75 Å². The molecule has 0 N–H and O–H groups in total. The Morgan fingerprint density at radius 3 is 2.44 bits per heavy atom. The van der Waals surface area contributed by atoms with Gasteiger partial charge in [0.15, 0.2) is 0 Å². The Balaban J connectivity index is 1.67. The van der Waals surface area contributed by atoms with E-state index in [1.54, 1.807) is 18.2 Å². The molecule has 2 aromatic carbocycles. The molecule has 1 aliphatic rings. The second kappa shape index (κ2) is 7.70. The van der Waals surface area contributed by atoms with Gasteiger partial charge in [0.05, 0.1) is 23.1 Å². The lowest BCUT2D eigenvalue weighted by molar-refractivity contribution is 0.0730. The summed E-state index contributed by atoms with van der Waals surface area (Å²) in [6.45, 7) is 1.67. The summed E-state index contributed by atoms with van der Waals surface area (Å²) in [4.78, 5) is 0.210. The van der Waals surface area contributed by atoms with Crippen molar-refractivity contribution in [1.29, 1.82) is 0 Å². The summed E-state index contributed by atoms with van der Waals surface area (Å²) in [6.07, 6.45) is 0. The molecule has 134 valence electrons. The highest BCUT2D eigenvalue weighted by atomic mass is 35.5. The van der Waals surface area contributed by atoms with E-state index in [0.29, 0.717) is 37.6 Å². The molecule has 0 atom stereocenters. The molecule has 0 spiro atoms. The minimum absolute atomic E-state index is 0.161. The average Bonchev–Trinajstić information content (AvgIpc) is 2.62. The highest BCUT2D eigenvalue weighted by Crippen LogP contribution is 2.23. The zero-order valence-electron chi connectivity index (χ0n) is 13.3. The van der Waals surface area contributed by atoms with Gasteiger partial charge in [-0.3, -0.25) is 0 Å². The van der Waals surface area contributed by atoms with Crippen molar-refractivity contribution >= 4 is 21.6 Å². The molecule has 5 nitrogen and oxygen atoms in total. The lowest BCUT2D eigenvalue weighted by Crippen LogP contribution is -2.40. The van der Waals surface area contributed by atoms with Crippen LogP contribution < -0.4 is 4.74 Å². The molecule has 1 aliphatic heterocycles. The van der Waals surface area contributed by atoms with Crippen LogP contribution in [0.2, 0.25) is 5.02 Å². The first kappa shape index (κ1) is 18.1. The van der Waals surface area contributed by atoms with E-state index in [2.05, 4.69) is 0 Å². The van der Waals surface area contributed by atoms with Crippen LogP contribution in [0.3, 0.4) is 0 Å². The SMILES string of the molecule is O=S(=O)(c1ccc(OCc2ccc(F)cc2Cl)cc1)N1CCOCC1. The number of sulfonamides is 1. The van der Waals surface area contributed by atoms with Crippen molar-refractivity contribution in [3.05, 3.63) is 58.9 Å². The Bertz CT molecular complexity index is 836. The zero-order valence-corrected chi connectivity index (χ0v) is 14.9. The summed E-state index contributed by atoms with van der Waals surface area (Å²) in [6, 6.07) is 10.3. The van der Waals surface area contributed by atoms with Gasteiger partial charge in [0.25, 0.3) is 0 Å². The minimum Gasteiger partial charge on any atom is -0.489 e. The maximum absolute atomic E-state index is 13.0. The van der Waals surface area contributed by atoms with Crippen molar-refractivity contribution in [2.45, 2.75) is 11.5 Å². The number of hydrogen-bond acceptors (Lipinski definition) is 4. The van der Waals surface area contributed by atoms with E-state index in [-0.39, 0.29) is 16.5 Å². The van der Waals surface area contributed by atoms with E-state index in [0.717, 1.165) is 0 Å². The summed E-state index contributed by atoms with van der Waals surface area (Å²) in [5, 5.41) is 0.284. The molecule has 3 rings (SSSR count). The van der Waals surface area contributed by atoms with Crippen molar-refractivity contribution in [1.82, 2.24) is 4.31 Å². The Morgan fingerprint density at radius 1 is 1.12 bits per heavy atom. The van der Waals surface area contributed by atoms with Gasteiger partial charge in [-0.25, -0.2) is 12.8 Å². The van der Waals surface area contributed by atoms with Gasteiger partial charge >= 0.3 is 0 Å². The topological polar surface area (TPSA) is 55.8 Å². The number of morpholine rings is 1. The van der Waals surface area contributed by atoms with Crippen LogP contribution in [0.15, 0.2) is 47.4 Å². The predicted octanol–water partition coefficient (Wildman–Crippen LogP) is 3.08. The number of halogens is 2. The van der Waals surface area contributed by atoms with E-state index < -0.39 is 15.8 Å². The van der Waals surface area contributed by atoms with Crippen molar-refractivity contribution in [2.75, 3.05) is 26.3 Å². The third-order valence-corrected chi connectivity index (χ3v) is 6.11. The molecule has 0 radical (unpaired) electrons. The van der Waals surface area contributed by atoms with E-state index in [9.17, 15) is 12.8 Å². The molecule has 1 heterocycles. The fourth-order valence-electron chi connectivity index (χ4n) is 2.44. The smallest absolute Gasteiger partial charge is 0.243 e. The van der Waals surface area contributed by atoms with Gasteiger partial charge in [0.2, 0.25) is 10.0 Å². The number of nitrogens with zero attached hydrogens (tertiary/aromatic N) is 1. The molecule has 0 aliphatic carbocycles. The molecule has 25 heavy (non-hydrogen) atoms. The molecule has 0 unspecified atom stereocenters. The molecule has 1 saturated heterocycles. The molecular weight excluding hydrogens is 369 g/mol. The van der Waals surface area contributed by atoms with Crippen LogP contribution in [0, 0.1) is 5.82 Å². The first-order valence-electron chi connectivity index (χ1n) is 7.71. The van der Waals surface area contributed by atoms with Crippen molar-refractivity contribution < 1.29 is 22.3 Å². The highest BCUT2D eigenvalue weighted by molar-refractivity contribution is 7.89. The van der Waals surface area contributed by atoms with Crippen LogP contribution in [0.4, 0.5) is 4.39 Å². The summed E-state index contributed by atoms with van der Waals surface area (Å²) >= 11 is 5.95. The lowest BCUT2D eigenvalue weighted by atomic mass is 10.2. The molecule has 1 fully saturated rings. The molecular formula is C17H17ClFNO4S. The number of benzene rings is 2. The van der Waals surface area contributed by atoms with Gasteiger partial charge in [0, 0.05) is 18.7 Å². The van der Waals surface area contributed by atoms with Gasteiger partial charge in [-0.15, -0.1) is 0 Å². The van der Waals surface area contributed by atoms with Gasteiger partial charge in [-0.2, -0.15) is 4.31 Å². The quantitative estimate of drug-likeness (QED) is 0.793. The van der Waals surface area contributed by atoms with Crippen LogP contribution >= 0.6 is 11.6 Å². The first-order chi connectivity index (χ1) is 12.0. The molecule has 8 heteroatoms. The maximum Gasteiger partial charge on any atom is 0.243 e. The van der Waals surface area contributed by atoms with Crippen molar-refractivity contribution in [3.63, 3.8) is 0 Å². The second-order valence-corrected chi connectivity index (χ2v) is 7.86. The fraction of sp³-hybridized carbons (Fsp3) is 0.294. The van der Waals surface area contributed by atoms with Gasteiger partial charge in [-0.1, -0.05) is 17.7 Å². The van der Waals surface area contributed by atoms with Crippen LogP contribution in [-0.2, 0) is 21.4 Å². The third kappa shape index (κ3) is 4.30. The summed E-state index contributed by atoms with van der Waals surface area (Å²) in [7, 11) is -3.52. The minimum atomic E-state index is -3.52. The lowest BCUT2D eigenvalue weighted by Gasteiger charge is -2.26. The van der Waals surface area contributed by atoms with Crippen LogP contribution in [0.1, 0.15) is 5.56 Å². The summed E-state index contributed by atoms with van der Waals surface area (Å²) in [5.74, 6) is 0.0905. The Hall–Kier alpha value is -1.67. The molecule has 0 saturated carbocycles. The zero-order chi connectivity index (χ0) is 17.9. The monoisotopic (exact) mass is 385 g/mol. The summed E-state index contributed by atoms with van der Waals surface area (Å²) < 4.78 is 50.3. The fourth-order valence-corrected chi connectivity index (χ4v) is 4.07. The maximum atomic E-state index is 13.0. The predicted molar refractivity (Wildman–Crippen MR) is 91.8 cm³/mol. The Labute approximate surface area is 151 Å². The number of rotatable bonds is 5. The van der Waals surface area contributed by atoms with Gasteiger partial charge in [-0.05, 0) is 36.4 Å². The van der Waals surface area contributed by atoms with E-state index in [1.165, 1.54) is 28.6 Å².